The molecule has 2 heterocycles. The molecule has 0 spiro atoms. The first-order valence-electron chi connectivity index (χ1n) is 6.88. The summed E-state index contributed by atoms with van der Waals surface area (Å²) in [7, 11) is 0. The second-order valence-corrected chi connectivity index (χ2v) is 4.90. The molecule has 0 radical (unpaired) electrons. The predicted octanol–water partition coefficient (Wildman–Crippen LogP) is 2.99. The smallest absolute Gasteiger partial charge is 0.338 e. The summed E-state index contributed by atoms with van der Waals surface area (Å²) in [5.41, 5.74) is 1.76. The molecule has 0 aliphatic rings. The molecule has 2 aromatic heterocycles. The number of aromatic nitrogens is 2. The van der Waals surface area contributed by atoms with E-state index in [0.29, 0.717) is 11.1 Å². The topological polar surface area (TPSA) is 72.0 Å². The summed E-state index contributed by atoms with van der Waals surface area (Å²) in [5.74, 6) is -0.775. The minimum absolute atomic E-state index is 0.236. The summed E-state index contributed by atoms with van der Waals surface area (Å²) < 4.78 is 5.24. The fourth-order valence-electron chi connectivity index (χ4n) is 2.26. The third-order valence-corrected chi connectivity index (χ3v) is 3.42. The third-order valence-electron chi connectivity index (χ3n) is 3.42. The summed E-state index contributed by atoms with van der Waals surface area (Å²) in [6.45, 7) is 1.57. The van der Waals surface area contributed by atoms with E-state index in [1.54, 1.807) is 25.3 Å². The van der Waals surface area contributed by atoms with E-state index in [2.05, 4.69) is 9.97 Å². The Morgan fingerprint density at radius 2 is 1.86 bits per heavy atom. The van der Waals surface area contributed by atoms with Crippen LogP contribution >= 0.6 is 0 Å². The molecular formula is C17H14N2O3. The fourth-order valence-corrected chi connectivity index (χ4v) is 2.26. The lowest BCUT2D eigenvalue weighted by molar-refractivity contribution is 0.0319. The van der Waals surface area contributed by atoms with Crippen molar-refractivity contribution in [3.05, 3.63) is 66.1 Å². The van der Waals surface area contributed by atoms with E-state index < -0.39 is 12.1 Å². The quantitative estimate of drug-likeness (QED) is 0.593. The molecular weight excluding hydrogens is 280 g/mol. The van der Waals surface area contributed by atoms with Crippen LogP contribution in [-0.2, 0) is 4.74 Å². The lowest BCUT2D eigenvalue weighted by Crippen LogP contribution is -2.24. The number of hydrogen-bond donors (Lipinski definition) is 1. The van der Waals surface area contributed by atoms with Crippen LogP contribution in [0.15, 0.2) is 55.0 Å². The van der Waals surface area contributed by atoms with Crippen molar-refractivity contribution < 1.29 is 14.3 Å². The highest BCUT2D eigenvalue weighted by atomic mass is 16.5. The van der Waals surface area contributed by atoms with Gasteiger partial charge < -0.3 is 9.72 Å². The molecule has 0 aliphatic heterocycles. The van der Waals surface area contributed by atoms with Gasteiger partial charge in [-0.2, -0.15) is 0 Å². The van der Waals surface area contributed by atoms with E-state index >= 15 is 0 Å². The van der Waals surface area contributed by atoms with Gasteiger partial charge in [-0.05, 0) is 25.1 Å². The minimum atomic E-state index is -0.861. The monoisotopic (exact) mass is 294 g/mol. The van der Waals surface area contributed by atoms with Gasteiger partial charge in [0.25, 0.3) is 0 Å². The van der Waals surface area contributed by atoms with Gasteiger partial charge in [-0.3, -0.25) is 9.78 Å². The van der Waals surface area contributed by atoms with Gasteiger partial charge in [0, 0.05) is 35.1 Å². The Bertz CT molecular complexity index is 824. The minimum Gasteiger partial charge on any atom is -0.451 e. The van der Waals surface area contributed by atoms with E-state index in [4.69, 9.17) is 4.74 Å². The van der Waals surface area contributed by atoms with Gasteiger partial charge >= 0.3 is 5.97 Å². The molecule has 1 atom stereocenters. The Morgan fingerprint density at radius 1 is 1.14 bits per heavy atom. The molecule has 3 rings (SSSR count). The maximum atomic E-state index is 12.5. The summed E-state index contributed by atoms with van der Waals surface area (Å²) in [5, 5.41) is 0.819. The van der Waals surface area contributed by atoms with Crippen LogP contribution in [0.25, 0.3) is 10.9 Å². The Labute approximate surface area is 126 Å². The number of carbonyl (C=O) groups excluding carboxylic acids is 2. The van der Waals surface area contributed by atoms with E-state index in [1.807, 2.05) is 24.3 Å². The summed E-state index contributed by atoms with van der Waals surface area (Å²) >= 11 is 0. The number of fused-ring (bicyclic) bond motifs is 1. The Kier molecular flexibility index (Phi) is 3.70. The number of Topliss-reactive ketones (excluding diaryl/α,β-unsaturated/α-hetero) is 1. The van der Waals surface area contributed by atoms with Crippen molar-refractivity contribution in [3.8, 4) is 0 Å². The van der Waals surface area contributed by atoms with Gasteiger partial charge in [-0.15, -0.1) is 0 Å². The Hall–Kier alpha value is -2.95. The molecule has 3 aromatic rings. The molecule has 0 aliphatic carbocycles. The van der Waals surface area contributed by atoms with Crippen molar-refractivity contribution in [1.82, 2.24) is 9.97 Å². The number of nitrogens with one attached hydrogen (secondary N) is 1. The Balaban J connectivity index is 1.79. The molecule has 0 saturated carbocycles. The van der Waals surface area contributed by atoms with Gasteiger partial charge in [0.15, 0.2) is 6.10 Å². The van der Waals surface area contributed by atoms with Crippen molar-refractivity contribution in [2.24, 2.45) is 0 Å². The first-order chi connectivity index (χ1) is 10.7. The number of rotatable bonds is 4. The standard InChI is InChI=1S/C17H14N2O3/c1-11(22-17(21)12-6-8-18-9-7-12)16(20)14-10-19-15-5-3-2-4-13(14)15/h2-11,19H,1H3/t11-/m0/s1. The van der Waals surface area contributed by atoms with Crippen LogP contribution in [0.5, 0.6) is 0 Å². The van der Waals surface area contributed by atoms with Crippen molar-refractivity contribution in [2.45, 2.75) is 13.0 Å². The molecule has 22 heavy (non-hydrogen) atoms. The van der Waals surface area contributed by atoms with Crippen molar-refractivity contribution in [1.29, 1.82) is 0 Å². The zero-order valence-corrected chi connectivity index (χ0v) is 11.9. The number of H-pyrrole nitrogens is 1. The molecule has 0 amide bonds. The number of pyridine rings is 1. The van der Waals surface area contributed by atoms with E-state index in [0.717, 1.165) is 10.9 Å². The van der Waals surface area contributed by atoms with Crippen LogP contribution in [0, 0.1) is 0 Å². The summed E-state index contributed by atoms with van der Waals surface area (Å²) in [4.78, 5) is 31.3. The van der Waals surface area contributed by atoms with Crippen LogP contribution in [0.4, 0.5) is 0 Å². The molecule has 1 aromatic carbocycles. The van der Waals surface area contributed by atoms with Crippen LogP contribution < -0.4 is 0 Å². The van der Waals surface area contributed by atoms with Crippen molar-refractivity contribution in [3.63, 3.8) is 0 Å². The predicted molar refractivity (Wildman–Crippen MR) is 81.7 cm³/mol. The zero-order valence-electron chi connectivity index (χ0n) is 11.9. The fraction of sp³-hybridized carbons (Fsp3) is 0.118. The molecule has 0 unspecified atom stereocenters. The number of para-hydroxylation sites is 1. The maximum absolute atomic E-state index is 12.5. The zero-order chi connectivity index (χ0) is 15.5. The van der Waals surface area contributed by atoms with E-state index in [1.165, 1.54) is 12.4 Å². The van der Waals surface area contributed by atoms with Gasteiger partial charge in [0.05, 0.1) is 5.56 Å². The highest BCUT2D eigenvalue weighted by Crippen LogP contribution is 2.20. The molecule has 5 heteroatoms. The maximum Gasteiger partial charge on any atom is 0.338 e. The summed E-state index contributed by atoms with van der Waals surface area (Å²) in [6, 6.07) is 10.6. The number of nitrogens with zero attached hydrogens (tertiary/aromatic N) is 1. The molecule has 110 valence electrons. The largest absolute Gasteiger partial charge is 0.451 e. The van der Waals surface area contributed by atoms with Crippen LogP contribution in [0.2, 0.25) is 0 Å². The van der Waals surface area contributed by atoms with Gasteiger partial charge in [-0.25, -0.2) is 4.79 Å². The van der Waals surface area contributed by atoms with Crippen molar-refractivity contribution >= 4 is 22.7 Å². The lowest BCUT2D eigenvalue weighted by atomic mass is 10.1. The molecule has 0 saturated heterocycles. The van der Waals surface area contributed by atoms with E-state index in [9.17, 15) is 9.59 Å². The molecule has 0 bridgehead atoms. The number of hydrogen-bond acceptors (Lipinski definition) is 4. The first-order valence-corrected chi connectivity index (χ1v) is 6.88. The molecule has 5 nitrogen and oxygen atoms in total. The number of esters is 1. The average Bonchev–Trinajstić information content (AvgIpc) is 2.99. The molecule has 0 fully saturated rings. The highest BCUT2D eigenvalue weighted by Gasteiger charge is 2.22. The summed E-state index contributed by atoms with van der Waals surface area (Å²) in [6.07, 6.45) is 3.79. The van der Waals surface area contributed by atoms with Crippen LogP contribution in [0.3, 0.4) is 0 Å². The van der Waals surface area contributed by atoms with Crippen LogP contribution in [-0.4, -0.2) is 27.8 Å². The number of ether oxygens (including phenoxy) is 1. The third kappa shape index (κ3) is 2.61. The SMILES string of the molecule is C[C@H](OC(=O)c1ccncc1)C(=O)c1c[nH]c2ccccc12. The lowest BCUT2D eigenvalue weighted by Gasteiger charge is -2.11. The van der Waals surface area contributed by atoms with Crippen molar-refractivity contribution in [2.75, 3.05) is 0 Å². The number of carbonyl (C=O) groups is 2. The second-order valence-electron chi connectivity index (χ2n) is 4.90. The van der Waals surface area contributed by atoms with Gasteiger partial charge in [0.2, 0.25) is 5.78 Å². The normalized spacial score (nSPS) is 12.0. The number of benzene rings is 1. The van der Waals surface area contributed by atoms with Gasteiger partial charge in [0.1, 0.15) is 0 Å². The Morgan fingerprint density at radius 3 is 2.64 bits per heavy atom. The highest BCUT2D eigenvalue weighted by molar-refractivity contribution is 6.10. The van der Waals surface area contributed by atoms with Gasteiger partial charge in [-0.1, -0.05) is 18.2 Å². The number of ketones is 1. The molecule has 1 N–H and O–H groups in total. The second kappa shape index (κ2) is 5.81. The van der Waals surface area contributed by atoms with E-state index in [-0.39, 0.29) is 5.78 Å². The first kappa shape index (κ1) is 14.0. The number of aromatic amines is 1. The van der Waals surface area contributed by atoms with Crippen LogP contribution in [0.1, 0.15) is 27.6 Å². The average molecular weight is 294 g/mol.